The molecule has 0 aromatic rings. The summed E-state index contributed by atoms with van der Waals surface area (Å²) in [4.78, 5) is 5.07. The fraction of sp³-hybridized carbons (Fsp3) is 0.667. The fourth-order valence-electron chi connectivity index (χ4n) is 0.365. The van der Waals surface area contributed by atoms with Crippen molar-refractivity contribution in [3.8, 4) is 0 Å². The molecule has 0 fully saturated rings. The Balaban J connectivity index is 3.65. The highest BCUT2D eigenvalue weighted by molar-refractivity contribution is 5.91. The molecule has 0 atom stereocenters. The monoisotopic (exact) mass is 155 g/mol. The van der Waals surface area contributed by atoms with Gasteiger partial charge in [-0.1, -0.05) is 32.5 Å². The maximum Gasteiger partial charge on any atom is 0.122 e. The van der Waals surface area contributed by atoms with Gasteiger partial charge in [0.05, 0.1) is 5.71 Å². The third kappa shape index (κ3) is 7.10. The zero-order chi connectivity index (χ0) is 8.91. The molecule has 0 aliphatic heterocycles. The molecule has 0 spiro atoms. The van der Waals surface area contributed by atoms with Crippen molar-refractivity contribution in [2.75, 3.05) is 6.61 Å². The Morgan fingerprint density at radius 1 is 1.55 bits per heavy atom. The zero-order valence-corrected chi connectivity index (χ0v) is 7.85. The van der Waals surface area contributed by atoms with Crippen LogP contribution in [0, 0.1) is 5.41 Å². The van der Waals surface area contributed by atoms with Crippen molar-refractivity contribution in [2.45, 2.75) is 27.7 Å². The molecule has 0 saturated carbocycles. The van der Waals surface area contributed by atoms with Crippen molar-refractivity contribution in [3.63, 3.8) is 0 Å². The highest BCUT2D eigenvalue weighted by Gasteiger charge is 2.09. The highest BCUT2D eigenvalue weighted by atomic mass is 16.6. The van der Waals surface area contributed by atoms with Gasteiger partial charge in [0, 0.05) is 0 Å². The molecule has 0 N–H and O–H groups in total. The van der Waals surface area contributed by atoms with Crippen LogP contribution in [-0.2, 0) is 4.84 Å². The van der Waals surface area contributed by atoms with E-state index in [-0.39, 0.29) is 5.41 Å². The van der Waals surface area contributed by atoms with Crippen LogP contribution in [0.1, 0.15) is 27.7 Å². The predicted molar refractivity (Wildman–Crippen MR) is 48.7 cm³/mol. The summed E-state index contributed by atoms with van der Waals surface area (Å²) < 4.78 is 0. The SMILES string of the molecule is C=C/C(C)=N\OCC(C)(C)C. The Morgan fingerprint density at radius 2 is 2.09 bits per heavy atom. The average Bonchev–Trinajstić information content (AvgIpc) is 1.85. The second-order valence-corrected chi connectivity index (χ2v) is 3.77. The van der Waals surface area contributed by atoms with Crippen LogP contribution in [0.25, 0.3) is 0 Å². The lowest BCUT2D eigenvalue weighted by Gasteiger charge is -2.15. The van der Waals surface area contributed by atoms with E-state index in [0.29, 0.717) is 6.61 Å². The first-order valence-electron chi connectivity index (χ1n) is 3.75. The van der Waals surface area contributed by atoms with Crippen LogP contribution in [-0.4, -0.2) is 12.3 Å². The summed E-state index contributed by atoms with van der Waals surface area (Å²) in [6, 6.07) is 0. The van der Waals surface area contributed by atoms with Gasteiger partial charge in [0.15, 0.2) is 0 Å². The standard InChI is InChI=1S/C9H17NO/c1-6-8(2)10-11-7-9(3,4)5/h6H,1,7H2,2-5H3/b10-8-. The van der Waals surface area contributed by atoms with E-state index in [1.54, 1.807) is 6.08 Å². The van der Waals surface area contributed by atoms with E-state index in [0.717, 1.165) is 5.71 Å². The molecule has 11 heavy (non-hydrogen) atoms. The summed E-state index contributed by atoms with van der Waals surface area (Å²) in [5.41, 5.74) is 0.986. The summed E-state index contributed by atoms with van der Waals surface area (Å²) >= 11 is 0. The molecule has 0 saturated heterocycles. The lowest BCUT2D eigenvalue weighted by Crippen LogP contribution is -2.12. The molecule has 2 heteroatoms. The number of hydrogen-bond donors (Lipinski definition) is 0. The molecule has 0 rings (SSSR count). The minimum Gasteiger partial charge on any atom is -0.395 e. The first kappa shape index (κ1) is 10.2. The van der Waals surface area contributed by atoms with Gasteiger partial charge in [-0.2, -0.15) is 0 Å². The van der Waals surface area contributed by atoms with Crippen LogP contribution in [0.2, 0.25) is 0 Å². The first-order chi connectivity index (χ1) is 4.95. The maximum absolute atomic E-state index is 5.07. The first-order valence-corrected chi connectivity index (χ1v) is 3.75. The molecule has 0 aromatic carbocycles. The predicted octanol–water partition coefficient (Wildman–Crippen LogP) is 2.61. The summed E-state index contributed by atoms with van der Waals surface area (Å²) in [5, 5.41) is 3.83. The van der Waals surface area contributed by atoms with E-state index in [2.05, 4.69) is 32.5 Å². The molecule has 0 amide bonds. The van der Waals surface area contributed by atoms with Gasteiger partial charge in [-0.05, 0) is 18.4 Å². The fourth-order valence-corrected chi connectivity index (χ4v) is 0.365. The van der Waals surface area contributed by atoms with Crippen molar-refractivity contribution >= 4 is 5.71 Å². The topological polar surface area (TPSA) is 21.6 Å². The van der Waals surface area contributed by atoms with E-state index in [1.165, 1.54) is 0 Å². The van der Waals surface area contributed by atoms with Crippen molar-refractivity contribution < 1.29 is 4.84 Å². The number of allylic oxidation sites excluding steroid dienone is 1. The Labute approximate surface area is 68.9 Å². The highest BCUT2D eigenvalue weighted by Crippen LogP contribution is 2.12. The summed E-state index contributed by atoms with van der Waals surface area (Å²) in [6.45, 7) is 12.4. The molecule has 64 valence electrons. The summed E-state index contributed by atoms with van der Waals surface area (Å²) in [7, 11) is 0. The average molecular weight is 155 g/mol. The second kappa shape index (κ2) is 4.16. The third-order valence-electron chi connectivity index (χ3n) is 1.00. The molecule has 0 aliphatic rings. The van der Waals surface area contributed by atoms with Gasteiger partial charge >= 0.3 is 0 Å². The molecule has 0 radical (unpaired) electrons. The van der Waals surface area contributed by atoms with E-state index in [9.17, 15) is 0 Å². The third-order valence-corrected chi connectivity index (χ3v) is 1.00. The van der Waals surface area contributed by atoms with E-state index in [4.69, 9.17) is 4.84 Å². The Kier molecular flexibility index (Phi) is 3.86. The normalized spacial score (nSPS) is 12.9. The van der Waals surface area contributed by atoms with Gasteiger partial charge in [0.25, 0.3) is 0 Å². The van der Waals surface area contributed by atoms with Crippen LogP contribution in [0.15, 0.2) is 17.8 Å². The maximum atomic E-state index is 5.07. The molecule has 0 bridgehead atoms. The molecule has 0 unspecified atom stereocenters. The van der Waals surface area contributed by atoms with Gasteiger partial charge in [0.1, 0.15) is 6.61 Å². The lowest BCUT2D eigenvalue weighted by atomic mass is 9.99. The molecular weight excluding hydrogens is 138 g/mol. The number of hydrogen-bond acceptors (Lipinski definition) is 2. The Morgan fingerprint density at radius 3 is 2.45 bits per heavy atom. The molecular formula is C9H17NO. The number of nitrogens with zero attached hydrogens (tertiary/aromatic N) is 1. The van der Waals surface area contributed by atoms with E-state index in [1.807, 2.05) is 6.92 Å². The van der Waals surface area contributed by atoms with Gasteiger partial charge in [0.2, 0.25) is 0 Å². The number of rotatable bonds is 3. The van der Waals surface area contributed by atoms with Gasteiger partial charge in [-0.3, -0.25) is 0 Å². The quantitative estimate of drug-likeness (QED) is 0.453. The van der Waals surface area contributed by atoms with Crippen molar-refractivity contribution in [1.82, 2.24) is 0 Å². The second-order valence-electron chi connectivity index (χ2n) is 3.77. The van der Waals surface area contributed by atoms with Crippen molar-refractivity contribution in [2.24, 2.45) is 10.6 Å². The molecule has 0 aliphatic carbocycles. The van der Waals surface area contributed by atoms with Crippen molar-refractivity contribution in [1.29, 1.82) is 0 Å². The van der Waals surface area contributed by atoms with Crippen LogP contribution >= 0.6 is 0 Å². The number of oxime groups is 1. The molecule has 0 aromatic heterocycles. The largest absolute Gasteiger partial charge is 0.395 e. The smallest absolute Gasteiger partial charge is 0.122 e. The summed E-state index contributed by atoms with van der Waals surface area (Å²) in [6.07, 6.45) is 1.67. The molecule has 2 nitrogen and oxygen atoms in total. The van der Waals surface area contributed by atoms with Gasteiger partial charge < -0.3 is 4.84 Å². The van der Waals surface area contributed by atoms with E-state index < -0.39 is 0 Å². The minimum absolute atomic E-state index is 0.172. The summed E-state index contributed by atoms with van der Waals surface area (Å²) in [5.74, 6) is 0. The Hall–Kier alpha value is -0.790. The van der Waals surface area contributed by atoms with Crippen LogP contribution < -0.4 is 0 Å². The minimum atomic E-state index is 0.172. The van der Waals surface area contributed by atoms with Crippen LogP contribution in [0.4, 0.5) is 0 Å². The zero-order valence-electron chi connectivity index (χ0n) is 7.85. The van der Waals surface area contributed by atoms with Gasteiger partial charge in [-0.15, -0.1) is 0 Å². The van der Waals surface area contributed by atoms with Crippen molar-refractivity contribution in [3.05, 3.63) is 12.7 Å². The van der Waals surface area contributed by atoms with Crippen LogP contribution in [0.3, 0.4) is 0 Å². The van der Waals surface area contributed by atoms with Gasteiger partial charge in [-0.25, -0.2) is 0 Å². The Bertz CT molecular complexity index is 153. The van der Waals surface area contributed by atoms with Crippen LogP contribution in [0.5, 0.6) is 0 Å². The van der Waals surface area contributed by atoms with E-state index >= 15 is 0 Å². The molecule has 0 heterocycles. The lowest BCUT2D eigenvalue weighted by molar-refractivity contribution is 0.0772.